The fraction of sp³-hybridized carbons (Fsp3) is 0. The van der Waals surface area contributed by atoms with Gasteiger partial charge in [0.25, 0.3) is 0 Å². The van der Waals surface area contributed by atoms with E-state index in [4.69, 9.17) is 4.42 Å². The van der Waals surface area contributed by atoms with E-state index < -0.39 is 0 Å². The van der Waals surface area contributed by atoms with Crippen LogP contribution in [0.1, 0.15) is 0 Å². The first kappa shape index (κ1) is 35.7. The van der Waals surface area contributed by atoms with Gasteiger partial charge in [0, 0.05) is 47.9 Å². The Morgan fingerprint density at radius 1 is 0.302 bits per heavy atom. The minimum atomic E-state index is 0.856. The van der Waals surface area contributed by atoms with Crippen LogP contribution in [0.4, 0.5) is 17.1 Å². The summed E-state index contributed by atoms with van der Waals surface area (Å²) in [5, 5.41) is 12.2. The Balaban J connectivity index is 0.951. The minimum absolute atomic E-state index is 0.856. The zero-order valence-corrected chi connectivity index (χ0v) is 34.9. The molecular formula is C60H37NOS. The van der Waals surface area contributed by atoms with E-state index in [2.05, 4.69) is 229 Å². The Labute approximate surface area is 368 Å². The van der Waals surface area contributed by atoms with Crippen molar-refractivity contribution < 1.29 is 4.42 Å². The van der Waals surface area contributed by atoms with E-state index in [1.807, 2.05) is 11.3 Å². The molecule has 3 heteroatoms. The van der Waals surface area contributed by atoms with Gasteiger partial charge in [0.05, 0.1) is 5.69 Å². The van der Waals surface area contributed by atoms with Crippen molar-refractivity contribution in [1.29, 1.82) is 0 Å². The number of hydrogen-bond acceptors (Lipinski definition) is 3. The highest BCUT2D eigenvalue weighted by atomic mass is 32.1. The third kappa shape index (κ3) is 5.85. The molecule has 13 rings (SSSR count). The van der Waals surface area contributed by atoms with Gasteiger partial charge in [-0.15, -0.1) is 11.3 Å². The Hall–Kier alpha value is -7.98. The normalized spacial score (nSPS) is 11.8. The number of para-hydroxylation sites is 2. The molecule has 294 valence electrons. The maximum Gasteiger partial charge on any atom is 0.159 e. The molecule has 0 saturated carbocycles. The van der Waals surface area contributed by atoms with Crippen LogP contribution in [0, 0.1) is 0 Å². The summed E-state index contributed by atoms with van der Waals surface area (Å²) in [5.74, 6) is 0. The average molecular weight is 820 g/mol. The SMILES string of the molecule is c1ccc(-c2cccc3c2oc2c(N(c4ccc(-c5cccc6ccccc56)cc4)c4ccc5c(ccc6cc(-c7ccc8c(c7)sc7ccccc78)ccc65)c4)cccc23)cc1. The largest absolute Gasteiger partial charge is 0.453 e. The number of benzene rings is 11. The van der Waals surface area contributed by atoms with Crippen molar-refractivity contribution in [2.45, 2.75) is 0 Å². The van der Waals surface area contributed by atoms with Crippen molar-refractivity contribution in [3.63, 3.8) is 0 Å². The van der Waals surface area contributed by atoms with Crippen LogP contribution in [0.25, 0.3) is 108 Å². The van der Waals surface area contributed by atoms with Crippen molar-refractivity contribution in [3.8, 4) is 33.4 Å². The van der Waals surface area contributed by atoms with Crippen molar-refractivity contribution >= 4 is 103 Å². The van der Waals surface area contributed by atoms with Gasteiger partial charge in [-0.2, -0.15) is 0 Å². The molecule has 0 atom stereocenters. The summed E-state index contributed by atoms with van der Waals surface area (Å²) < 4.78 is 9.68. The number of thiophene rings is 1. The lowest BCUT2D eigenvalue weighted by Gasteiger charge is -2.26. The molecule has 0 saturated heterocycles. The molecule has 0 aliphatic carbocycles. The smallest absolute Gasteiger partial charge is 0.159 e. The van der Waals surface area contributed by atoms with Crippen molar-refractivity contribution in [3.05, 3.63) is 224 Å². The van der Waals surface area contributed by atoms with Crippen LogP contribution < -0.4 is 4.90 Å². The number of fused-ring (bicyclic) bond motifs is 10. The first-order chi connectivity index (χ1) is 31.2. The molecule has 63 heavy (non-hydrogen) atoms. The Kier molecular flexibility index (Phi) is 8.12. The van der Waals surface area contributed by atoms with Gasteiger partial charge in [0.2, 0.25) is 0 Å². The number of hydrogen-bond donors (Lipinski definition) is 0. The lowest BCUT2D eigenvalue weighted by atomic mass is 9.96. The summed E-state index contributed by atoms with van der Waals surface area (Å²) >= 11 is 1.87. The number of nitrogens with zero attached hydrogens (tertiary/aromatic N) is 1. The highest BCUT2D eigenvalue weighted by Gasteiger charge is 2.22. The fourth-order valence-electron chi connectivity index (χ4n) is 9.80. The van der Waals surface area contributed by atoms with Crippen LogP contribution in [0.5, 0.6) is 0 Å². The molecule has 2 heterocycles. The van der Waals surface area contributed by atoms with Gasteiger partial charge in [-0.1, -0.05) is 176 Å². The van der Waals surface area contributed by atoms with Gasteiger partial charge in [-0.25, -0.2) is 0 Å². The van der Waals surface area contributed by atoms with Gasteiger partial charge in [0.15, 0.2) is 5.58 Å². The summed E-state index contributed by atoms with van der Waals surface area (Å²) in [6, 6.07) is 81.6. The number of furan rings is 1. The number of anilines is 3. The molecule has 0 bridgehead atoms. The summed E-state index contributed by atoms with van der Waals surface area (Å²) in [6.45, 7) is 0. The number of rotatable bonds is 6. The van der Waals surface area contributed by atoms with Gasteiger partial charge in [-0.3, -0.25) is 0 Å². The monoisotopic (exact) mass is 819 g/mol. The van der Waals surface area contributed by atoms with Gasteiger partial charge >= 0.3 is 0 Å². The molecule has 0 spiro atoms. The van der Waals surface area contributed by atoms with E-state index >= 15 is 0 Å². The fourth-order valence-corrected chi connectivity index (χ4v) is 10.9. The van der Waals surface area contributed by atoms with Gasteiger partial charge in [-0.05, 0) is 109 Å². The summed E-state index contributed by atoms with van der Waals surface area (Å²) in [7, 11) is 0. The molecule has 0 unspecified atom stereocenters. The second-order valence-corrected chi connectivity index (χ2v) is 17.5. The quantitative estimate of drug-likeness (QED) is 0.155. The van der Waals surface area contributed by atoms with E-state index in [1.165, 1.54) is 74.7 Å². The standard InChI is InChI=1S/C60H37NOS/c1-2-11-39(12-3-1)51-18-9-19-54-55-20-10-21-56(60(55)62-59(51)54)61(45-29-25-40(26-30-45)48-17-8-14-38-13-4-5-15-47(38)48)46-31-34-50-44(36-46)24-23-43-35-41(27-32-49(43)50)42-28-33-53-52-16-6-7-22-57(52)63-58(53)37-42/h1-37H. The van der Waals surface area contributed by atoms with Gasteiger partial charge < -0.3 is 9.32 Å². The second kappa shape index (κ2) is 14.3. The first-order valence-electron chi connectivity index (χ1n) is 21.5. The van der Waals surface area contributed by atoms with Crippen LogP contribution >= 0.6 is 11.3 Å². The zero-order valence-electron chi connectivity index (χ0n) is 34.1. The first-order valence-corrected chi connectivity index (χ1v) is 22.3. The molecule has 13 aromatic rings. The molecule has 0 amide bonds. The lowest BCUT2D eigenvalue weighted by Crippen LogP contribution is -2.10. The van der Waals surface area contributed by atoms with Crippen LogP contribution in [-0.2, 0) is 0 Å². The molecule has 0 N–H and O–H groups in total. The topological polar surface area (TPSA) is 16.4 Å². The molecule has 2 aromatic heterocycles. The molecule has 0 fully saturated rings. The Bertz CT molecular complexity index is 3910. The molecule has 0 aliphatic rings. The average Bonchev–Trinajstić information content (AvgIpc) is 3.93. The van der Waals surface area contributed by atoms with E-state index in [9.17, 15) is 0 Å². The van der Waals surface area contributed by atoms with Crippen molar-refractivity contribution in [2.75, 3.05) is 4.90 Å². The summed E-state index contributed by atoms with van der Waals surface area (Å²) in [5.41, 5.74) is 11.9. The lowest BCUT2D eigenvalue weighted by molar-refractivity contribution is 0.670. The predicted molar refractivity (Wildman–Crippen MR) is 270 cm³/mol. The van der Waals surface area contributed by atoms with Crippen LogP contribution in [-0.4, -0.2) is 0 Å². The maximum absolute atomic E-state index is 7.03. The third-order valence-electron chi connectivity index (χ3n) is 12.8. The van der Waals surface area contributed by atoms with Crippen LogP contribution in [0.15, 0.2) is 229 Å². The molecule has 0 radical (unpaired) electrons. The Morgan fingerprint density at radius 2 is 0.873 bits per heavy atom. The predicted octanol–water partition coefficient (Wildman–Crippen LogP) is 17.9. The van der Waals surface area contributed by atoms with Crippen LogP contribution in [0.2, 0.25) is 0 Å². The van der Waals surface area contributed by atoms with E-state index in [0.29, 0.717) is 0 Å². The molecular weight excluding hydrogens is 783 g/mol. The van der Waals surface area contributed by atoms with Crippen molar-refractivity contribution in [1.82, 2.24) is 0 Å². The highest BCUT2D eigenvalue weighted by molar-refractivity contribution is 7.25. The van der Waals surface area contributed by atoms with E-state index in [-0.39, 0.29) is 0 Å². The molecule has 11 aromatic carbocycles. The highest BCUT2D eigenvalue weighted by Crippen LogP contribution is 2.46. The summed E-state index contributed by atoms with van der Waals surface area (Å²) in [6.07, 6.45) is 0. The minimum Gasteiger partial charge on any atom is -0.453 e. The van der Waals surface area contributed by atoms with Crippen molar-refractivity contribution in [2.24, 2.45) is 0 Å². The Morgan fingerprint density at radius 3 is 1.73 bits per heavy atom. The summed E-state index contributed by atoms with van der Waals surface area (Å²) in [4.78, 5) is 2.36. The second-order valence-electron chi connectivity index (χ2n) is 16.4. The van der Waals surface area contributed by atoms with Gasteiger partial charge in [0.1, 0.15) is 5.58 Å². The zero-order chi connectivity index (χ0) is 41.4. The molecule has 0 aliphatic heterocycles. The van der Waals surface area contributed by atoms with Crippen LogP contribution in [0.3, 0.4) is 0 Å². The third-order valence-corrected chi connectivity index (χ3v) is 14.0. The maximum atomic E-state index is 7.03. The molecule has 2 nitrogen and oxygen atoms in total. The van der Waals surface area contributed by atoms with E-state index in [0.717, 1.165) is 50.1 Å². The van der Waals surface area contributed by atoms with E-state index in [1.54, 1.807) is 0 Å².